The van der Waals surface area contributed by atoms with E-state index >= 15 is 0 Å². The van der Waals surface area contributed by atoms with Crippen LogP contribution in [-0.4, -0.2) is 43.1 Å². The van der Waals surface area contributed by atoms with E-state index in [0.29, 0.717) is 5.84 Å². The number of urea groups is 1. The summed E-state index contributed by atoms with van der Waals surface area (Å²) in [6, 6.07) is 21.0. The molecule has 2 amide bonds. The normalized spacial score (nSPS) is 17.2. The van der Waals surface area contributed by atoms with Crippen LogP contribution >= 0.6 is 11.8 Å². The van der Waals surface area contributed by atoms with Gasteiger partial charge in [-0.1, -0.05) is 29.5 Å². The highest BCUT2D eigenvalue weighted by atomic mass is 32.2. The van der Waals surface area contributed by atoms with E-state index in [1.54, 1.807) is 27.7 Å². The van der Waals surface area contributed by atoms with Gasteiger partial charge >= 0.3 is 6.03 Å². The van der Waals surface area contributed by atoms with Crippen LogP contribution in [-0.2, 0) is 6.67 Å². The number of carbonyl (C=O) groups is 1. The van der Waals surface area contributed by atoms with E-state index in [-0.39, 0.29) is 12.7 Å². The molecule has 0 spiro atoms. The van der Waals surface area contributed by atoms with Gasteiger partial charge in [0, 0.05) is 10.6 Å². The van der Waals surface area contributed by atoms with Gasteiger partial charge in [0.25, 0.3) is 0 Å². The minimum atomic E-state index is -0.408. The molecule has 5 aromatic rings. The van der Waals surface area contributed by atoms with Gasteiger partial charge in [0.1, 0.15) is 24.1 Å². The first-order chi connectivity index (χ1) is 16.7. The molecule has 0 aliphatic carbocycles. The number of H-pyrrole nitrogens is 1. The minimum absolute atomic E-state index is 0.238. The molecule has 1 atom stereocenters. The van der Waals surface area contributed by atoms with Crippen molar-refractivity contribution in [1.82, 2.24) is 30.3 Å². The predicted octanol–water partition coefficient (Wildman–Crippen LogP) is 4.36. The number of aliphatic imine (C=N–C) groups is 1. The lowest BCUT2D eigenvalue weighted by Crippen LogP contribution is -2.29. The fourth-order valence-electron chi connectivity index (χ4n) is 4.20. The number of amidine groups is 1. The second-order valence-corrected chi connectivity index (χ2v) is 8.72. The van der Waals surface area contributed by atoms with E-state index in [2.05, 4.69) is 37.7 Å². The van der Waals surface area contributed by atoms with Gasteiger partial charge < -0.3 is 4.98 Å². The third kappa shape index (κ3) is 3.48. The van der Waals surface area contributed by atoms with Gasteiger partial charge in [0.2, 0.25) is 0 Å². The van der Waals surface area contributed by atoms with Crippen LogP contribution in [0.3, 0.4) is 0 Å². The highest BCUT2D eigenvalue weighted by Crippen LogP contribution is 2.34. The number of hydrogen-bond acceptors (Lipinski definition) is 6. The van der Waals surface area contributed by atoms with Crippen molar-refractivity contribution in [1.29, 1.82) is 0 Å². The number of thioether (sulfide) groups is 1. The molecular weight excluding hydrogens is 448 g/mol. The van der Waals surface area contributed by atoms with Gasteiger partial charge in [-0.2, -0.15) is 0 Å². The summed E-state index contributed by atoms with van der Waals surface area (Å²) in [6.45, 7) is 0.238. The molecule has 0 radical (unpaired) electrons. The molecule has 3 heterocycles. The molecule has 1 saturated heterocycles. The van der Waals surface area contributed by atoms with Crippen molar-refractivity contribution in [2.24, 2.45) is 4.99 Å². The van der Waals surface area contributed by atoms with E-state index in [9.17, 15) is 4.79 Å². The standard InChI is InChI=1S/C24H20N8OS/c1-34-17-9-6-15(7-10-17)22-23(27-14-31-21-5-3-2-4-19(21)29-30-31)28-24(33)32(22)16-8-11-18-20(12-16)26-13-25-18/h2-13,22H,14H2,1H3,(H,25,26)(H,27,28,33). The van der Waals surface area contributed by atoms with Crippen LogP contribution in [0, 0.1) is 0 Å². The SMILES string of the molecule is CSc1ccc(C2/C(=N\Cn3nnc4ccccc43)NC(=O)N2c2ccc3[nH]cnc3c2)cc1. The fourth-order valence-corrected chi connectivity index (χ4v) is 4.61. The maximum atomic E-state index is 13.2. The highest BCUT2D eigenvalue weighted by molar-refractivity contribution is 7.98. The van der Waals surface area contributed by atoms with E-state index < -0.39 is 6.04 Å². The maximum Gasteiger partial charge on any atom is 0.328 e. The Kier molecular flexibility index (Phi) is 4.99. The number of amides is 2. The highest BCUT2D eigenvalue weighted by Gasteiger charge is 2.39. The van der Waals surface area contributed by atoms with Crippen molar-refractivity contribution in [2.45, 2.75) is 17.6 Å². The number of aromatic amines is 1. The number of para-hydroxylation sites is 1. The number of carbonyl (C=O) groups excluding carboxylic acids is 1. The molecule has 1 fully saturated rings. The van der Waals surface area contributed by atoms with Gasteiger partial charge in [0.05, 0.1) is 22.9 Å². The smallest absolute Gasteiger partial charge is 0.328 e. The number of nitrogens with zero attached hydrogens (tertiary/aromatic N) is 6. The van der Waals surface area contributed by atoms with Crippen LogP contribution in [0.4, 0.5) is 10.5 Å². The van der Waals surface area contributed by atoms with Gasteiger partial charge in [-0.05, 0) is 54.3 Å². The third-order valence-corrected chi connectivity index (χ3v) is 6.62. The zero-order valence-corrected chi connectivity index (χ0v) is 19.0. The number of aromatic nitrogens is 5. The van der Waals surface area contributed by atoms with E-state index in [4.69, 9.17) is 4.99 Å². The molecule has 10 heteroatoms. The van der Waals surface area contributed by atoms with Crippen LogP contribution in [0.1, 0.15) is 11.6 Å². The second-order valence-electron chi connectivity index (χ2n) is 7.84. The van der Waals surface area contributed by atoms with E-state index in [1.807, 2.05) is 60.9 Å². The Bertz CT molecular complexity index is 1540. The third-order valence-electron chi connectivity index (χ3n) is 5.88. The summed E-state index contributed by atoms with van der Waals surface area (Å²) >= 11 is 1.67. The molecule has 6 rings (SSSR count). The molecular formula is C24H20N8OS. The van der Waals surface area contributed by atoms with Crippen LogP contribution in [0.2, 0.25) is 0 Å². The van der Waals surface area contributed by atoms with Crippen molar-refractivity contribution < 1.29 is 4.79 Å². The summed E-state index contributed by atoms with van der Waals surface area (Å²) in [5, 5.41) is 11.4. The van der Waals surface area contributed by atoms with E-state index in [1.165, 1.54) is 0 Å². The van der Waals surface area contributed by atoms with Gasteiger partial charge in [-0.15, -0.1) is 16.9 Å². The zero-order valence-electron chi connectivity index (χ0n) is 18.2. The van der Waals surface area contributed by atoms with E-state index in [0.717, 1.165) is 38.2 Å². The maximum absolute atomic E-state index is 13.2. The number of imidazole rings is 1. The molecule has 3 aromatic carbocycles. The van der Waals surface area contributed by atoms with Crippen LogP contribution in [0.5, 0.6) is 0 Å². The van der Waals surface area contributed by atoms with Crippen LogP contribution < -0.4 is 10.2 Å². The lowest BCUT2D eigenvalue weighted by Gasteiger charge is -2.23. The number of nitrogens with one attached hydrogen (secondary N) is 2. The number of fused-ring (bicyclic) bond motifs is 2. The second kappa shape index (κ2) is 8.31. The molecule has 34 heavy (non-hydrogen) atoms. The first-order valence-electron chi connectivity index (χ1n) is 10.7. The quantitative estimate of drug-likeness (QED) is 0.373. The Hall–Kier alpha value is -4.18. The largest absolute Gasteiger partial charge is 0.345 e. The summed E-state index contributed by atoms with van der Waals surface area (Å²) in [7, 11) is 0. The van der Waals surface area contributed by atoms with Crippen molar-refractivity contribution in [2.75, 3.05) is 11.2 Å². The number of benzene rings is 3. The summed E-state index contributed by atoms with van der Waals surface area (Å²) in [5.74, 6) is 0.559. The molecule has 1 aliphatic heterocycles. The zero-order chi connectivity index (χ0) is 23.1. The monoisotopic (exact) mass is 468 g/mol. The van der Waals surface area contributed by atoms with Crippen LogP contribution in [0.25, 0.3) is 22.1 Å². The minimum Gasteiger partial charge on any atom is -0.345 e. The molecule has 1 aliphatic rings. The van der Waals surface area contributed by atoms with Gasteiger partial charge in [-0.25, -0.2) is 19.5 Å². The fraction of sp³-hybridized carbons (Fsp3) is 0.125. The average molecular weight is 469 g/mol. The Balaban J connectivity index is 1.42. The Labute approximate surface area is 198 Å². The average Bonchev–Trinajstić information content (AvgIpc) is 3.59. The first-order valence-corrected chi connectivity index (χ1v) is 11.9. The molecule has 168 valence electrons. The predicted molar refractivity (Wildman–Crippen MR) is 133 cm³/mol. The van der Waals surface area contributed by atoms with Crippen molar-refractivity contribution >= 4 is 51.4 Å². The lowest BCUT2D eigenvalue weighted by atomic mass is 10.0. The number of hydrogen-bond donors (Lipinski definition) is 2. The summed E-state index contributed by atoms with van der Waals surface area (Å²) in [6.07, 6.45) is 3.68. The Morgan fingerprint density at radius 1 is 1.06 bits per heavy atom. The molecule has 2 aromatic heterocycles. The summed E-state index contributed by atoms with van der Waals surface area (Å²) < 4.78 is 1.72. The number of anilines is 1. The molecule has 0 saturated carbocycles. The lowest BCUT2D eigenvalue weighted by molar-refractivity contribution is 0.252. The van der Waals surface area contributed by atoms with Crippen molar-refractivity contribution in [3.8, 4) is 0 Å². The van der Waals surface area contributed by atoms with Gasteiger partial charge in [0.15, 0.2) is 0 Å². The summed E-state index contributed by atoms with van der Waals surface area (Å²) in [4.78, 5) is 28.3. The molecule has 9 nitrogen and oxygen atoms in total. The molecule has 2 N–H and O–H groups in total. The summed E-state index contributed by atoms with van der Waals surface area (Å²) in [5.41, 5.74) is 5.10. The van der Waals surface area contributed by atoms with Crippen molar-refractivity contribution in [3.05, 3.63) is 78.6 Å². The number of rotatable bonds is 5. The van der Waals surface area contributed by atoms with Crippen molar-refractivity contribution in [3.63, 3.8) is 0 Å². The Morgan fingerprint density at radius 2 is 1.91 bits per heavy atom. The van der Waals surface area contributed by atoms with Crippen LogP contribution in [0.15, 0.2) is 82.9 Å². The molecule has 0 bridgehead atoms. The van der Waals surface area contributed by atoms with Gasteiger partial charge in [-0.3, -0.25) is 10.2 Å². The topological polar surface area (TPSA) is 104 Å². The molecule has 1 unspecified atom stereocenters. The Morgan fingerprint density at radius 3 is 2.76 bits per heavy atom. The first kappa shape index (κ1) is 20.4.